The zero-order valence-electron chi connectivity index (χ0n) is 16.2. The Hall–Kier alpha value is -2.66. The van der Waals surface area contributed by atoms with Crippen molar-refractivity contribution >= 4 is 11.8 Å². The molecule has 2 fully saturated rings. The van der Waals surface area contributed by atoms with Crippen molar-refractivity contribution in [3.8, 4) is 0 Å². The van der Waals surface area contributed by atoms with E-state index in [2.05, 4.69) is 29.2 Å². The Labute approximate surface area is 166 Å². The molecule has 146 valence electrons. The number of hydrogen-bond donors (Lipinski definition) is 0. The minimum atomic E-state index is -0.340. The molecule has 0 N–H and O–H groups in total. The fraction of sp³-hybridized carbons (Fsp3) is 0.391. The average Bonchev–Trinajstić information content (AvgIpc) is 3.25. The number of hydrogen-bond acceptors (Lipinski definition) is 3. The van der Waals surface area contributed by atoms with E-state index < -0.39 is 0 Å². The first-order valence-corrected chi connectivity index (χ1v) is 10.1. The van der Waals surface area contributed by atoms with Crippen LogP contribution in [0, 0.1) is 0 Å². The van der Waals surface area contributed by atoms with Crippen LogP contribution in [0.15, 0.2) is 60.7 Å². The summed E-state index contributed by atoms with van der Waals surface area (Å²) in [7, 11) is 0. The molecule has 2 aliphatic heterocycles. The lowest BCUT2D eigenvalue weighted by molar-refractivity contribution is -0.152. The number of nitrogens with zero attached hydrogens (tertiary/aromatic N) is 3. The number of likely N-dealkylation sites (tertiary alicyclic amines) is 1. The van der Waals surface area contributed by atoms with Crippen molar-refractivity contribution in [3.05, 3.63) is 71.8 Å². The summed E-state index contributed by atoms with van der Waals surface area (Å²) in [6.45, 7) is 5.05. The fourth-order valence-electron chi connectivity index (χ4n) is 4.16. The number of rotatable bonds is 3. The molecule has 5 nitrogen and oxygen atoms in total. The first kappa shape index (κ1) is 18.7. The first-order chi connectivity index (χ1) is 13.7. The van der Waals surface area contributed by atoms with Crippen LogP contribution >= 0.6 is 0 Å². The number of piperazine rings is 1. The zero-order valence-corrected chi connectivity index (χ0v) is 16.2. The van der Waals surface area contributed by atoms with Crippen molar-refractivity contribution in [2.75, 3.05) is 39.3 Å². The van der Waals surface area contributed by atoms with Gasteiger partial charge in [-0.15, -0.1) is 0 Å². The summed E-state index contributed by atoms with van der Waals surface area (Å²) >= 11 is 0. The van der Waals surface area contributed by atoms with Crippen molar-refractivity contribution in [2.45, 2.75) is 18.9 Å². The minimum absolute atomic E-state index is 0.334. The highest BCUT2D eigenvalue weighted by molar-refractivity contribution is 6.35. The Bertz CT molecular complexity index is 801. The quantitative estimate of drug-likeness (QED) is 0.772. The maximum Gasteiger partial charge on any atom is 0.312 e. The summed E-state index contributed by atoms with van der Waals surface area (Å²) in [5.74, 6) is -0.344. The Morgan fingerprint density at radius 1 is 0.750 bits per heavy atom. The summed E-state index contributed by atoms with van der Waals surface area (Å²) < 4.78 is 0. The molecular weight excluding hydrogens is 350 g/mol. The van der Waals surface area contributed by atoms with Gasteiger partial charge in [-0.1, -0.05) is 60.7 Å². The standard InChI is InChI=1S/C23H27N3O2/c27-22(23(28)26-12-11-21(18-26)20-9-5-2-6-10-20)25-15-13-24(14-16-25)17-19-7-3-1-4-8-19/h1-10,21H,11-18H2. The normalized spacial score (nSPS) is 20.4. The predicted octanol–water partition coefficient (Wildman–Crippen LogP) is 2.35. The SMILES string of the molecule is O=C(C(=O)N1CCC(c2ccccc2)C1)N1CCN(Cc2ccccc2)CC1. The van der Waals surface area contributed by atoms with Crippen molar-refractivity contribution in [2.24, 2.45) is 0 Å². The van der Waals surface area contributed by atoms with E-state index in [9.17, 15) is 9.59 Å². The van der Waals surface area contributed by atoms with Crippen LogP contribution < -0.4 is 0 Å². The van der Waals surface area contributed by atoms with Crippen LogP contribution in [0.1, 0.15) is 23.5 Å². The second kappa shape index (κ2) is 8.57. The summed E-state index contributed by atoms with van der Waals surface area (Å²) in [4.78, 5) is 31.2. The molecule has 1 unspecified atom stereocenters. The lowest BCUT2D eigenvalue weighted by atomic mass is 9.99. The average molecular weight is 377 g/mol. The Kier molecular flexibility index (Phi) is 5.72. The van der Waals surface area contributed by atoms with Crippen LogP contribution in [0.2, 0.25) is 0 Å². The molecule has 2 amide bonds. The molecule has 4 rings (SSSR count). The highest BCUT2D eigenvalue weighted by Gasteiger charge is 2.34. The maximum absolute atomic E-state index is 12.7. The summed E-state index contributed by atoms with van der Waals surface area (Å²) in [5, 5.41) is 0. The van der Waals surface area contributed by atoms with Gasteiger partial charge in [0.25, 0.3) is 0 Å². The summed E-state index contributed by atoms with van der Waals surface area (Å²) in [6, 6.07) is 20.6. The number of benzene rings is 2. The monoisotopic (exact) mass is 377 g/mol. The molecule has 2 aromatic rings. The molecule has 0 bridgehead atoms. The Morgan fingerprint density at radius 3 is 2.04 bits per heavy atom. The van der Waals surface area contributed by atoms with E-state index in [0.29, 0.717) is 32.1 Å². The lowest BCUT2D eigenvalue weighted by Gasteiger charge is -2.35. The molecule has 28 heavy (non-hydrogen) atoms. The topological polar surface area (TPSA) is 43.9 Å². The van der Waals surface area contributed by atoms with Gasteiger partial charge in [-0.05, 0) is 17.5 Å². The van der Waals surface area contributed by atoms with Crippen LogP contribution in [-0.4, -0.2) is 65.8 Å². The molecule has 0 spiro atoms. The molecule has 0 saturated carbocycles. The molecule has 1 atom stereocenters. The van der Waals surface area contributed by atoms with Crippen LogP contribution in [0.5, 0.6) is 0 Å². The first-order valence-electron chi connectivity index (χ1n) is 10.1. The van der Waals surface area contributed by atoms with Crippen molar-refractivity contribution in [3.63, 3.8) is 0 Å². The van der Waals surface area contributed by atoms with Gasteiger partial charge in [0.2, 0.25) is 0 Å². The minimum Gasteiger partial charge on any atom is -0.334 e. The molecule has 0 radical (unpaired) electrons. The van der Waals surface area contributed by atoms with Crippen LogP contribution in [0.3, 0.4) is 0 Å². The maximum atomic E-state index is 12.7. The molecule has 0 aliphatic carbocycles. The number of amides is 2. The third-order valence-corrected chi connectivity index (χ3v) is 5.84. The molecule has 5 heteroatoms. The van der Waals surface area contributed by atoms with Gasteiger partial charge in [-0.3, -0.25) is 14.5 Å². The van der Waals surface area contributed by atoms with Crippen LogP contribution in [0.25, 0.3) is 0 Å². The van der Waals surface area contributed by atoms with Gasteiger partial charge < -0.3 is 9.80 Å². The molecular formula is C23H27N3O2. The van der Waals surface area contributed by atoms with Crippen molar-refractivity contribution in [1.29, 1.82) is 0 Å². The third-order valence-electron chi connectivity index (χ3n) is 5.84. The molecule has 2 aliphatic rings. The summed E-state index contributed by atoms with van der Waals surface area (Å²) in [5.41, 5.74) is 2.53. The summed E-state index contributed by atoms with van der Waals surface area (Å²) in [6.07, 6.45) is 0.924. The zero-order chi connectivity index (χ0) is 19.3. The highest BCUT2D eigenvalue weighted by Crippen LogP contribution is 2.27. The van der Waals surface area contributed by atoms with Gasteiger partial charge in [0.15, 0.2) is 0 Å². The Morgan fingerprint density at radius 2 is 1.36 bits per heavy atom. The smallest absolute Gasteiger partial charge is 0.312 e. The second-order valence-electron chi connectivity index (χ2n) is 7.70. The van der Waals surface area contributed by atoms with E-state index in [4.69, 9.17) is 0 Å². The van der Waals surface area contributed by atoms with Gasteiger partial charge in [0, 0.05) is 51.7 Å². The molecule has 2 heterocycles. The van der Waals surface area contributed by atoms with Gasteiger partial charge in [-0.25, -0.2) is 0 Å². The number of carbonyl (C=O) groups is 2. The number of carbonyl (C=O) groups excluding carboxylic acids is 2. The van der Waals surface area contributed by atoms with Gasteiger partial charge >= 0.3 is 11.8 Å². The second-order valence-corrected chi connectivity index (χ2v) is 7.70. The van der Waals surface area contributed by atoms with E-state index in [0.717, 1.165) is 26.1 Å². The van der Waals surface area contributed by atoms with Gasteiger partial charge in [0.1, 0.15) is 0 Å². The third kappa shape index (κ3) is 4.25. The Balaban J connectivity index is 1.27. The largest absolute Gasteiger partial charge is 0.334 e. The van der Waals surface area contributed by atoms with Crippen molar-refractivity contribution < 1.29 is 9.59 Å². The van der Waals surface area contributed by atoms with Crippen LogP contribution in [0.4, 0.5) is 0 Å². The molecule has 2 aromatic carbocycles. The van der Waals surface area contributed by atoms with Crippen molar-refractivity contribution in [1.82, 2.24) is 14.7 Å². The van der Waals surface area contributed by atoms with E-state index in [1.807, 2.05) is 36.4 Å². The predicted molar refractivity (Wildman–Crippen MR) is 109 cm³/mol. The lowest BCUT2D eigenvalue weighted by Crippen LogP contribution is -2.52. The van der Waals surface area contributed by atoms with Gasteiger partial charge in [-0.2, -0.15) is 0 Å². The van der Waals surface area contributed by atoms with E-state index >= 15 is 0 Å². The highest BCUT2D eigenvalue weighted by atomic mass is 16.2. The fourth-order valence-corrected chi connectivity index (χ4v) is 4.16. The van der Waals surface area contributed by atoms with Crippen LogP contribution in [-0.2, 0) is 16.1 Å². The van der Waals surface area contributed by atoms with E-state index in [-0.39, 0.29) is 11.8 Å². The van der Waals surface area contributed by atoms with E-state index in [1.165, 1.54) is 11.1 Å². The van der Waals surface area contributed by atoms with Gasteiger partial charge in [0.05, 0.1) is 0 Å². The van der Waals surface area contributed by atoms with E-state index in [1.54, 1.807) is 9.80 Å². The molecule has 0 aromatic heterocycles. The molecule has 2 saturated heterocycles.